The van der Waals surface area contributed by atoms with Crippen molar-refractivity contribution in [3.63, 3.8) is 0 Å². The molecule has 1 saturated heterocycles. The largest absolute Gasteiger partial charge is 0.393 e. The van der Waals surface area contributed by atoms with Crippen molar-refractivity contribution >= 4 is 24.0 Å². The molecule has 3 N–H and O–H groups in total. The molecule has 8 heteroatoms. The number of hydrogen-bond acceptors (Lipinski definition) is 6. The number of aliphatic hydroxyl groups excluding tert-OH is 1. The van der Waals surface area contributed by atoms with E-state index in [4.69, 9.17) is 5.73 Å². The molecule has 0 aromatic carbocycles. The summed E-state index contributed by atoms with van der Waals surface area (Å²) in [5.41, 5.74) is 4.87. The van der Waals surface area contributed by atoms with Gasteiger partial charge in [0.1, 0.15) is 17.6 Å². The number of aldehydes is 1. The number of β-lactam (4-membered cyclic amide) rings is 1. The van der Waals surface area contributed by atoms with E-state index in [0.29, 0.717) is 18.0 Å². The summed E-state index contributed by atoms with van der Waals surface area (Å²) in [5, 5.41) is 10.0. The van der Waals surface area contributed by atoms with Crippen LogP contribution in [0, 0.1) is 11.8 Å². The molecule has 2 heterocycles. The lowest BCUT2D eigenvalue weighted by molar-refractivity contribution is -0.171. The van der Waals surface area contributed by atoms with Crippen molar-refractivity contribution in [2.24, 2.45) is 11.8 Å². The zero-order valence-corrected chi connectivity index (χ0v) is 17.1. The SMILES string of the molecule is C[C@H](C1CCCCC1)N(C)C(=O)N1C(=O)[C@H](Cc2ccnc(N)c2)C1(C=O)CO. The van der Waals surface area contributed by atoms with E-state index in [9.17, 15) is 19.5 Å². The predicted molar refractivity (Wildman–Crippen MR) is 108 cm³/mol. The van der Waals surface area contributed by atoms with Gasteiger partial charge in [-0.1, -0.05) is 19.3 Å². The van der Waals surface area contributed by atoms with Gasteiger partial charge >= 0.3 is 6.03 Å². The van der Waals surface area contributed by atoms with Crippen molar-refractivity contribution in [2.45, 2.75) is 57.0 Å². The first-order valence-corrected chi connectivity index (χ1v) is 10.2. The molecule has 3 rings (SSSR count). The minimum absolute atomic E-state index is 0.0438. The molecule has 0 bridgehead atoms. The van der Waals surface area contributed by atoms with Crippen molar-refractivity contribution in [2.75, 3.05) is 19.4 Å². The Hall–Kier alpha value is -2.48. The quantitative estimate of drug-likeness (QED) is 0.552. The molecular formula is C21H30N4O4. The summed E-state index contributed by atoms with van der Waals surface area (Å²) in [6.45, 7) is 1.38. The maximum Gasteiger partial charge on any atom is 0.327 e. The number of nitrogen functional groups attached to an aromatic ring is 1. The van der Waals surface area contributed by atoms with E-state index < -0.39 is 30.0 Å². The third kappa shape index (κ3) is 3.73. The number of amides is 3. The number of nitrogens with zero attached hydrogens (tertiary/aromatic N) is 3. The molecule has 0 radical (unpaired) electrons. The highest BCUT2D eigenvalue weighted by Gasteiger charge is 2.63. The number of carbonyl (C=O) groups excluding carboxylic acids is 3. The van der Waals surface area contributed by atoms with Gasteiger partial charge in [-0.05, 0) is 49.8 Å². The monoisotopic (exact) mass is 402 g/mol. The van der Waals surface area contributed by atoms with E-state index >= 15 is 0 Å². The summed E-state index contributed by atoms with van der Waals surface area (Å²) in [7, 11) is 1.67. The fourth-order valence-corrected chi connectivity index (χ4v) is 4.68. The maximum atomic E-state index is 13.1. The molecule has 1 saturated carbocycles. The number of carbonyl (C=O) groups is 3. The number of aromatic nitrogens is 1. The first kappa shape index (κ1) is 21.2. The molecule has 8 nitrogen and oxygen atoms in total. The van der Waals surface area contributed by atoms with Gasteiger partial charge in [0.2, 0.25) is 5.91 Å². The van der Waals surface area contributed by atoms with Gasteiger partial charge in [-0.3, -0.25) is 4.79 Å². The molecule has 158 valence electrons. The van der Waals surface area contributed by atoms with Gasteiger partial charge in [-0.25, -0.2) is 14.7 Å². The highest BCUT2D eigenvalue weighted by atomic mass is 16.3. The molecule has 0 spiro atoms. The smallest absolute Gasteiger partial charge is 0.327 e. The zero-order valence-electron chi connectivity index (χ0n) is 17.1. The molecule has 1 aromatic heterocycles. The van der Waals surface area contributed by atoms with E-state index in [2.05, 4.69) is 4.98 Å². The number of pyridine rings is 1. The van der Waals surface area contributed by atoms with E-state index in [1.54, 1.807) is 24.1 Å². The summed E-state index contributed by atoms with van der Waals surface area (Å²) >= 11 is 0. The molecule has 1 aliphatic heterocycles. The van der Waals surface area contributed by atoms with Gasteiger partial charge < -0.3 is 20.5 Å². The third-order valence-electron chi connectivity index (χ3n) is 6.72. The van der Waals surface area contributed by atoms with Gasteiger partial charge in [-0.15, -0.1) is 0 Å². The van der Waals surface area contributed by atoms with Gasteiger partial charge in [-0.2, -0.15) is 0 Å². The van der Waals surface area contributed by atoms with Gasteiger partial charge in [0.05, 0.1) is 12.5 Å². The second-order valence-corrected chi connectivity index (χ2v) is 8.32. The number of hydrogen-bond donors (Lipinski definition) is 2. The zero-order chi connectivity index (χ0) is 21.2. The van der Waals surface area contributed by atoms with Crippen molar-refractivity contribution in [3.8, 4) is 0 Å². The molecule has 1 aliphatic carbocycles. The fourth-order valence-electron chi connectivity index (χ4n) is 4.68. The Balaban J connectivity index is 1.78. The van der Waals surface area contributed by atoms with Crippen LogP contribution < -0.4 is 5.73 Å². The fraction of sp³-hybridized carbons (Fsp3) is 0.619. The standard InChI is InChI=1S/C21H30N4O4/c1-14(16-6-4-3-5-7-16)24(2)20(29)25-19(28)17(21(25,12-26)13-27)10-15-8-9-23-18(22)11-15/h8-9,11-12,14,16-17,27H,3-7,10,13H2,1-2H3,(H2,22,23)/t14-,17+,21?/m1/s1. The number of aliphatic hydroxyl groups is 1. The third-order valence-corrected chi connectivity index (χ3v) is 6.72. The maximum absolute atomic E-state index is 13.1. The molecule has 3 amide bonds. The van der Waals surface area contributed by atoms with E-state index in [0.717, 1.165) is 36.1 Å². The number of rotatable bonds is 6. The Bertz CT molecular complexity index is 780. The van der Waals surface area contributed by atoms with Gasteiger partial charge in [0.15, 0.2) is 0 Å². The Labute approximate surface area is 171 Å². The van der Waals surface area contributed by atoms with Crippen molar-refractivity contribution < 1.29 is 19.5 Å². The highest BCUT2D eigenvalue weighted by molar-refractivity contribution is 6.08. The van der Waals surface area contributed by atoms with Crippen LogP contribution in [0.15, 0.2) is 18.3 Å². The second-order valence-electron chi connectivity index (χ2n) is 8.32. The topological polar surface area (TPSA) is 117 Å². The summed E-state index contributed by atoms with van der Waals surface area (Å²) in [5.74, 6) is -0.572. The van der Waals surface area contributed by atoms with Gasteiger partial charge in [0, 0.05) is 19.3 Å². The Morgan fingerprint density at radius 3 is 2.72 bits per heavy atom. The Kier molecular flexibility index (Phi) is 6.21. The van der Waals surface area contributed by atoms with Crippen LogP contribution in [0.4, 0.5) is 10.6 Å². The predicted octanol–water partition coefficient (Wildman–Crippen LogP) is 1.62. The van der Waals surface area contributed by atoms with Crippen LogP contribution in [0.2, 0.25) is 0 Å². The normalized spacial score (nSPS) is 26.0. The molecule has 1 unspecified atom stereocenters. The molecular weight excluding hydrogens is 372 g/mol. The first-order valence-electron chi connectivity index (χ1n) is 10.2. The van der Waals surface area contributed by atoms with Crippen LogP contribution in [0.3, 0.4) is 0 Å². The lowest BCUT2D eigenvalue weighted by Gasteiger charge is -2.53. The summed E-state index contributed by atoms with van der Waals surface area (Å²) < 4.78 is 0. The number of anilines is 1. The van der Waals surface area contributed by atoms with Crippen LogP contribution in [-0.2, 0) is 16.0 Å². The van der Waals surface area contributed by atoms with Crippen LogP contribution in [0.25, 0.3) is 0 Å². The lowest BCUT2D eigenvalue weighted by atomic mass is 9.71. The summed E-state index contributed by atoms with van der Waals surface area (Å²) in [4.78, 5) is 44.4. The minimum Gasteiger partial charge on any atom is -0.393 e. The van der Waals surface area contributed by atoms with Crippen LogP contribution in [0.1, 0.15) is 44.6 Å². The van der Waals surface area contributed by atoms with E-state index in [1.165, 1.54) is 12.6 Å². The Morgan fingerprint density at radius 1 is 1.45 bits per heavy atom. The van der Waals surface area contributed by atoms with E-state index in [1.807, 2.05) is 6.92 Å². The average Bonchev–Trinajstić information content (AvgIpc) is 2.74. The average molecular weight is 402 g/mol. The molecule has 3 atom stereocenters. The van der Waals surface area contributed by atoms with Crippen LogP contribution >= 0.6 is 0 Å². The van der Waals surface area contributed by atoms with Crippen LogP contribution in [-0.4, -0.2) is 63.4 Å². The highest BCUT2D eigenvalue weighted by Crippen LogP contribution is 2.40. The molecule has 2 fully saturated rings. The second kappa shape index (κ2) is 8.49. The first-order chi connectivity index (χ1) is 13.9. The van der Waals surface area contributed by atoms with Crippen molar-refractivity contribution in [1.29, 1.82) is 0 Å². The van der Waals surface area contributed by atoms with Crippen molar-refractivity contribution in [3.05, 3.63) is 23.9 Å². The number of urea groups is 1. The Morgan fingerprint density at radius 2 is 2.14 bits per heavy atom. The summed E-state index contributed by atoms with van der Waals surface area (Å²) in [6, 6.07) is 2.76. The summed E-state index contributed by atoms with van der Waals surface area (Å²) in [6.07, 6.45) is 7.87. The van der Waals surface area contributed by atoms with E-state index in [-0.39, 0.29) is 12.5 Å². The lowest BCUT2D eigenvalue weighted by Crippen LogP contribution is -2.77. The molecule has 29 heavy (non-hydrogen) atoms. The number of nitrogens with two attached hydrogens (primary N) is 1. The number of likely N-dealkylation sites (tertiary alicyclic amines) is 1. The minimum atomic E-state index is -1.55. The molecule has 2 aliphatic rings. The van der Waals surface area contributed by atoms with Crippen LogP contribution in [0.5, 0.6) is 0 Å². The van der Waals surface area contributed by atoms with Gasteiger partial charge in [0.25, 0.3) is 0 Å². The molecule has 1 aromatic rings. The van der Waals surface area contributed by atoms with Crippen molar-refractivity contribution in [1.82, 2.24) is 14.8 Å². The number of imide groups is 1.